The van der Waals surface area contributed by atoms with Crippen LogP contribution in [0.1, 0.15) is 62.5 Å². The van der Waals surface area contributed by atoms with Crippen LogP contribution in [0.4, 0.5) is 19.1 Å². The van der Waals surface area contributed by atoms with Crippen LogP contribution < -0.4 is 10.5 Å². The van der Waals surface area contributed by atoms with Gasteiger partial charge in [0.1, 0.15) is 23.7 Å². The quantitative estimate of drug-likeness (QED) is 0.257. The molecule has 0 bridgehead atoms. The molecule has 0 atom stereocenters. The number of ether oxygens (including phenoxy) is 1. The third kappa shape index (κ3) is 6.37. The van der Waals surface area contributed by atoms with Gasteiger partial charge in [-0.25, -0.2) is 18.2 Å². The van der Waals surface area contributed by atoms with E-state index in [1.54, 1.807) is 52.8 Å². The fourth-order valence-electron chi connectivity index (χ4n) is 4.23. The Labute approximate surface area is 229 Å². The molecule has 0 saturated heterocycles. The van der Waals surface area contributed by atoms with Crippen molar-refractivity contribution >= 4 is 5.95 Å². The van der Waals surface area contributed by atoms with Crippen LogP contribution in [0, 0.1) is 12.7 Å². The molecule has 3 aromatic heterocycles. The molecule has 8 nitrogen and oxygen atoms in total. The maximum atomic E-state index is 13.7. The Morgan fingerprint density at radius 3 is 2.15 bits per heavy atom. The molecule has 0 aliphatic heterocycles. The number of benzene rings is 1. The summed E-state index contributed by atoms with van der Waals surface area (Å²) in [5, 5.41) is 21.3. The van der Waals surface area contributed by atoms with Crippen LogP contribution in [0.5, 0.6) is 5.88 Å². The third-order valence-corrected chi connectivity index (χ3v) is 6.10. The standard InChI is InChI=1S/C29H30F3N5O3/c1-15-12-17(13-20(34-15)25(31)32)23-24(16-6-8-18(30)9-7-16)36-27(33)37-26(23)40-14-21-19(28(2,3)38)10-11-22(35-21)29(4,5)39/h6-13,25,38-39H,14H2,1-5H3,(H2,33,36,37). The van der Waals surface area contributed by atoms with Crippen LogP contribution in [0.3, 0.4) is 0 Å². The highest BCUT2D eigenvalue weighted by molar-refractivity contribution is 5.85. The number of rotatable bonds is 8. The second kappa shape index (κ2) is 10.8. The lowest BCUT2D eigenvalue weighted by Crippen LogP contribution is -2.24. The van der Waals surface area contributed by atoms with Gasteiger partial charge in [-0.3, -0.25) is 9.97 Å². The second-order valence-electron chi connectivity index (χ2n) is 10.4. The van der Waals surface area contributed by atoms with Crippen molar-refractivity contribution in [3.05, 3.63) is 82.7 Å². The Morgan fingerprint density at radius 1 is 0.875 bits per heavy atom. The van der Waals surface area contributed by atoms with Crippen LogP contribution in [0.15, 0.2) is 48.5 Å². The van der Waals surface area contributed by atoms with Gasteiger partial charge in [-0.2, -0.15) is 4.98 Å². The lowest BCUT2D eigenvalue weighted by Gasteiger charge is -2.24. The number of hydrogen-bond donors (Lipinski definition) is 3. The minimum Gasteiger partial charge on any atom is -0.471 e. The molecule has 0 fully saturated rings. The molecular weight excluding hydrogens is 523 g/mol. The van der Waals surface area contributed by atoms with Gasteiger partial charge in [0.2, 0.25) is 11.8 Å². The van der Waals surface area contributed by atoms with Crippen molar-refractivity contribution < 1.29 is 28.1 Å². The zero-order valence-electron chi connectivity index (χ0n) is 22.7. The summed E-state index contributed by atoms with van der Waals surface area (Å²) in [7, 11) is 0. The van der Waals surface area contributed by atoms with E-state index in [1.165, 1.54) is 30.3 Å². The van der Waals surface area contributed by atoms with Crippen LogP contribution >= 0.6 is 0 Å². The summed E-state index contributed by atoms with van der Waals surface area (Å²) in [6.45, 7) is 7.69. The van der Waals surface area contributed by atoms with Crippen molar-refractivity contribution in [3.8, 4) is 28.3 Å². The molecule has 3 heterocycles. The number of nitrogen functional groups attached to an aromatic ring is 1. The van der Waals surface area contributed by atoms with E-state index in [1.807, 2.05) is 0 Å². The van der Waals surface area contributed by atoms with Gasteiger partial charge in [-0.1, -0.05) is 6.07 Å². The van der Waals surface area contributed by atoms with Crippen LogP contribution in [-0.4, -0.2) is 30.1 Å². The van der Waals surface area contributed by atoms with Gasteiger partial charge < -0.3 is 20.7 Å². The van der Waals surface area contributed by atoms with E-state index < -0.39 is 29.1 Å². The molecule has 0 unspecified atom stereocenters. The molecule has 0 radical (unpaired) electrons. The van der Waals surface area contributed by atoms with Crippen molar-refractivity contribution in [2.45, 2.75) is 58.9 Å². The van der Waals surface area contributed by atoms with Crippen LogP contribution in [0.25, 0.3) is 22.4 Å². The van der Waals surface area contributed by atoms with Gasteiger partial charge in [0.15, 0.2) is 0 Å². The number of aromatic nitrogens is 4. The first-order valence-corrected chi connectivity index (χ1v) is 12.4. The fraction of sp³-hybridized carbons (Fsp3) is 0.310. The first-order chi connectivity index (χ1) is 18.6. The zero-order chi connectivity index (χ0) is 29.4. The molecule has 0 aliphatic carbocycles. The van der Waals surface area contributed by atoms with Crippen molar-refractivity contribution in [1.29, 1.82) is 0 Å². The number of alkyl halides is 2. The molecule has 4 rings (SSSR count). The lowest BCUT2D eigenvalue weighted by atomic mass is 9.94. The number of aryl methyl sites for hydroxylation is 1. The van der Waals surface area contributed by atoms with E-state index in [0.717, 1.165) is 0 Å². The molecule has 1 aromatic carbocycles. The van der Waals surface area contributed by atoms with Gasteiger partial charge in [0.05, 0.1) is 28.2 Å². The van der Waals surface area contributed by atoms with Gasteiger partial charge in [-0.15, -0.1) is 0 Å². The number of nitrogens with two attached hydrogens (primary N) is 1. The van der Waals surface area contributed by atoms with E-state index in [2.05, 4.69) is 19.9 Å². The molecule has 4 aromatic rings. The maximum absolute atomic E-state index is 13.7. The van der Waals surface area contributed by atoms with E-state index in [9.17, 15) is 23.4 Å². The fourth-order valence-corrected chi connectivity index (χ4v) is 4.23. The Bertz CT molecular complexity index is 1530. The summed E-state index contributed by atoms with van der Waals surface area (Å²) in [6, 6.07) is 11.5. The predicted molar refractivity (Wildman–Crippen MR) is 144 cm³/mol. The summed E-state index contributed by atoms with van der Waals surface area (Å²) < 4.78 is 47.2. The molecule has 0 aliphatic rings. The van der Waals surface area contributed by atoms with E-state index in [0.29, 0.717) is 28.2 Å². The normalized spacial score (nSPS) is 12.2. The van der Waals surface area contributed by atoms with Crippen molar-refractivity contribution in [1.82, 2.24) is 19.9 Å². The minimum atomic E-state index is -2.84. The summed E-state index contributed by atoms with van der Waals surface area (Å²) in [5.74, 6) is -0.686. The second-order valence-corrected chi connectivity index (χ2v) is 10.4. The topological polar surface area (TPSA) is 127 Å². The van der Waals surface area contributed by atoms with E-state index in [4.69, 9.17) is 10.5 Å². The molecule has 210 valence electrons. The van der Waals surface area contributed by atoms with Crippen molar-refractivity contribution in [3.63, 3.8) is 0 Å². The molecular formula is C29H30F3N5O3. The highest BCUT2D eigenvalue weighted by atomic mass is 19.3. The number of hydrogen-bond acceptors (Lipinski definition) is 8. The van der Waals surface area contributed by atoms with Crippen molar-refractivity contribution in [2.75, 3.05) is 5.73 Å². The molecule has 40 heavy (non-hydrogen) atoms. The average Bonchev–Trinajstić information content (AvgIpc) is 2.85. The first kappa shape index (κ1) is 28.9. The number of nitrogens with zero attached hydrogens (tertiary/aromatic N) is 4. The predicted octanol–water partition coefficient (Wildman–Crippen LogP) is 5.60. The monoisotopic (exact) mass is 553 g/mol. The van der Waals surface area contributed by atoms with Gasteiger partial charge >= 0.3 is 0 Å². The smallest absolute Gasteiger partial charge is 0.280 e. The molecule has 0 saturated carbocycles. The third-order valence-electron chi connectivity index (χ3n) is 6.10. The number of aliphatic hydroxyl groups is 2. The van der Waals surface area contributed by atoms with Gasteiger partial charge in [0.25, 0.3) is 6.43 Å². The average molecular weight is 554 g/mol. The highest BCUT2D eigenvalue weighted by Crippen LogP contribution is 2.39. The molecule has 0 amide bonds. The Balaban J connectivity index is 1.91. The summed E-state index contributed by atoms with van der Waals surface area (Å²) in [5.41, 5.74) is 5.65. The van der Waals surface area contributed by atoms with E-state index in [-0.39, 0.29) is 35.3 Å². The molecule has 0 spiro atoms. The van der Waals surface area contributed by atoms with Crippen molar-refractivity contribution in [2.24, 2.45) is 0 Å². The van der Waals surface area contributed by atoms with E-state index >= 15 is 0 Å². The summed E-state index contributed by atoms with van der Waals surface area (Å²) in [6.07, 6.45) is -2.84. The zero-order valence-corrected chi connectivity index (χ0v) is 22.7. The number of pyridine rings is 2. The number of halogens is 3. The Kier molecular flexibility index (Phi) is 7.82. The summed E-state index contributed by atoms with van der Waals surface area (Å²) in [4.78, 5) is 17.0. The van der Waals surface area contributed by atoms with Gasteiger partial charge in [0, 0.05) is 16.8 Å². The highest BCUT2D eigenvalue weighted by Gasteiger charge is 2.27. The SMILES string of the molecule is Cc1cc(-c2c(OCc3nc(C(C)(C)O)ccc3C(C)(C)O)nc(N)nc2-c2ccc(F)cc2)cc(C(F)F)n1. The molecule has 11 heteroatoms. The minimum absolute atomic E-state index is 0.0465. The summed E-state index contributed by atoms with van der Waals surface area (Å²) >= 11 is 0. The molecule has 4 N–H and O–H groups in total. The maximum Gasteiger partial charge on any atom is 0.280 e. The largest absolute Gasteiger partial charge is 0.471 e. The Hall–Kier alpha value is -4.09. The Morgan fingerprint density at radius 2 is 1.55 bits per heavy atom. The van der Waals surface area contributed by atoms with Crippen LogP contribution in [0.2, 0.25) is 0 Å². The van der Waals surface area contributed by atoms with Crippen LogP contribution in [-0.2, 0) is 17.8 Å². The van der Waals surface area contributed by atoms with Gasteiger partial charge in [-0.05, 0) is 82.6 Å². The number of anilines is 1. The first-order valence-electron chi connectivity index (χ1n) is 12.4. The lowest BCUT2D eigenvalue weighted by molar-refractivity contribution is 0.0679.